The fraction of sp³-hybridized carbons (Fsp3) is 0.300. The molecule has 2 rings (SSSR count). The average Bonchev–Trinajstić information content (AvgIpc) is 2.71. The zero-order chi connectivity index (χ0) is 10.5. The van der Waals surface area contributed by atoms with Gasteiger partial charge in [0.2, 0.25) is 0 Å². The Morgan fingerprint density at radius 3 is 3.07 bits per heavy atom. The van der Waals surface area contributed by atoms with Gasteiger partial charge in [0.15, 0.2) is 0 Å². The molecule has 2 aromatic rings. The minimum absolute atomic E-state index is 0.832. The summed E-state index contributed by atoms with van der Waals surface area (Å²) in [4.78, 5) is 8.18. The highest BCUT2D eigenvalue weighted by atomic mass is 15.2. The van der Waals surface area contributed by atoms with Crippen molar-refractivity contribution in [3.63, 3.8) is 0 Å². The van der Waals surface area contributed by atoms with Crippen LogP contribution >= 0.6 is 0 Å². The first-order chi connectivity index (χ1) is 7.34. The Bertz CT molecular complexity index is 410. The summed E-state index contributed by atoms with van der Waals surface area (Å²) in [5.74, 6) is 0.897. The van der Waals surface area contributed by atoms with E-state index in [0.29, 0.717) is 0 Å². The summed E-state index contributed by atoms with van der Waals surface area (Å²) in [7, 11) is 0. The van der Waals surface area contributed by atoms with Crippen LogP contribution in [0.15, 0.2) is 24.7 Å². The van der Waals surface area contributed by atoms with E-state index in [-0.39, 0.29) is 0 Å². The molecular formula is C10H13N5. The molecule has 0 aromatic carbocycles. The number of pyridine rings is 1. The van der Waals surface area contributed by atoms with E-state index >= 15 is 0 Å². The van der Waals surface area contributed by atoms with Crippen LogP contribution in [0.2, 0.25) is 0 Å². The lowest BCUT2D eigenvalue weighted by atomic mass is 10.3. The molecule has 2 aromatic heterocycles. The summed E-state index contributed by atoms with van der Waals surface area (Å²) in [6.45, 7) is 2.81. The lowest BCUT2D eigenvalue weighted by Gasteiger charge is -2.04. The summed E-state index contributed by atoms with van der Waals surface area (Å²) in [5, 5.41) is 9.91. The molecule has 0 aliphatic carbocycles. The van der Waals surface area contributed by atoms with Crippen molar-refractivity contribution in [2.24, 2.45) is 0 Å². The molecule has 0 bridgehead atoms. The molecule has 0 atom stereocenters. The zero-order valence-corrected chi connectivity index (χ0v) is 8.57. The second kappa shape index (κ2) is 4.54. The lowest BCUT2D eigenvalue weighted by Crippen LogP contribution is -2.06. The fourth-order valence-electron chi connectivity index (χ4n) is 1.33. The molecule has 0 amide bonds. The fourth-order valence-corrected chi connectivity index (χ4v) is 1.33. The van der Waals surface area contributed by atoms with Crippen LogP contribution in [-0.4, -0.2) is 26.7 Å². The minimum atomic E-state index is 0.832. The van der Waals surface area contributed by atoms with Gasteiger partial charge in [-0.15, -0.1) is 0 Å². The van der Waals surface area contributed by atoms with Crippen LogP contribution in [0.4, 0.5) is 5.69 Å². The quantitative estimate of drug-likeness (QED) is 0.782. The van der Waals surface area contributed by atoms with Crippen LogP contribution in [-0.2, 0) is 6.42 Å². The number of rotatable bonds is 4. The van der Waals surface area contributed by atoms with E-state index in [2.05, 4.69) is 25.5 Å². The molecule has 2 heterocycles. The van der Waals surface area contributed by atoms with Crippen molar-refractivity contribution < 1.29 is 0 Å². The van der Waals surface area contributed by atoms with Gasteiger partial charge >= 0.3 is 0 Å². The van der Waals surface area contributed by atoms with E-state index in [1.165, 1.54) is 6.33 Å². The van der Waals surface area contributed by atoms with Gasteiger partial charge in [-0.1, -0.05) is 0 Å². The lowest BCUT2D eigenvalue weighted by molar-refractivity contribution is 0.900. The van der Waals surface area contributed by atoms with Crippen molar-refractivity contribution in [1.82, 2.24) is 20.2 Å². The predicted molar refractivity (Wildman–Crippen MR) is 57.6 cm³/mol. The summed E-state index contributed by atoms with van der Waals surface area (Å²) < 4.78 is 0. The Morgan fingerprint density at radius 1 is 1.40 bits per heavy atom. The third-order valence-electron chi connectivity index (χ3n) is 2.05. The van der Waals surface area contributed by atoms with Gasteiger partial charge < -0.3 is 5.32 Å². The first-order valence-electron chi connectivity index (χ1n) is 4.85. The SMILES string of the molecule is Cc1cc(NCCc2ncn[nH]2)ccn1. The molecule has 0 aliphatic rings. The smallest absolute Gasteiger partial charge is 0.137 e. The van der Waals surface area contributed by atoms with Crippen LogP contribution in [0, 0.1) is 6.92 Å². The van der Waals surface area contributed by atoms with Crippen LogP contribution in [0.1, 0.15) is 11.5 Å². The van der Waals surface area contributed by atoms with E-state index in [4.69, 9.17) is 0 Å². The van der Waals surface area contributed by atoms with Crippen LogP contribution in [0.5, 0.6) is 0 Å². The van der Waals surface area contributed by atoms with Crippen LogP contribution < -0.4 is 5.32 Å². The number of anilines is 1. The molecule has 0 radical (unpaired) electrons. The van der Waals surface area contributed by atoms with Crippen molar-refractivity contribution in [2.45, 2.75) is 13.3 Å². The summed E-state index contributed by atoms with van der Waals surface area (Å²) in [5.41, 5.74) is 2.10. The molecule has 78 valence electrons. The molecule has 0 spiro atoms. The highest BCUT2D eigenvalue weighted by molar-refractivity contribution is 5.42. The topological polar surface area (TPSA) is 66.5 Å². The molecule has 0 fully saturated rings. The maximum absolute atomic E-state index is 4.13. The maximum Gasteiger partial charge on any atom is 0.137 e. The highest BCUT2D eigenvalue weighted by Crippen LogP contribution is 2.06. The monoisotopic (exact) mass is 203 g/mol. The van der Waals surface area contributed by atoms with Gasteiger partial charge in [0, 0.05) is 30.5 Å². The Morgan fingerprint density at radius 2 is 2.33 bits per heavy atom. The van der Waals surface area contributed by atoms with E-state index in [1.54, 1.807) is 6.20 Å². The molecular weight excluding hydrogens is 190 g/mol. The third-order valence-corrected chi connectivity index (χ3v) is 2.05. The number of nitrogens with one attached hydrogen (secondary N) is 2. The van der Waals surface area contributed by atoms with E-state index in [9.17, 15) is 0 Å². The summed E-state index contributed by atoms with van der Waals surface area (Å²) in [6, 6.07) is 3.97. The maximum atomic E-state index is 4.13. The van der Waals surface area contributed by atoms with Crippen molar-refractivity contribution in [1.29, 1.82) is 0 Å². The van der Waals surface area contributed by atoms with Gasteiger partial charge in [0.1, 0.15) is 12.2 Å². The Labute approximate surface area is 88.0 Å². The number of aromatic nitrogens is 4. The first kappa shape index (κ1) is 9.64. The van der Waals surface area contributed by atoms with Gasteiger partial charge in [-0.3, -0.25) is 10.1 Å². The van der Waals surface area contributed by atoms with Crippen molar-refractivity contribution in [3.8, 4) is 0 Å². The molecule has 0 saturated heterocycles. The standard InChI is InChI=1S/C10H13N5/c1-8-6-9(2-4-11-8)12-5-3-10-13-7-14-15-10/h2,4,6-7H,3,5H2,1H3,(H,11,12)(H,13,14,15). The number of nitrogens with zero attached hydrogens (tertiary/aromatic N) is 3. The second-order valence-electron chi connectivity index (χ2n) is 3.29. The second-order valence-corrected chi connectivity index (χ2v) is 3.29. The normalized spacial score (nSPS) is 10.2. The Kier molecular flexibility index (Phi) is 2.92. The summed E-state index contributed by atoms with van der Waals surface area (Å²) in [6.07, 6.45) is 4.15. The number of hydrogen-bond donors (Lipinski definition) is 2. The van der Waals surface area contributed by atoms with E-state index < -0.39 is 0 Å². The first-order valence-corrected chi connectivity index (χ1v) is 4.85. The molecule has 0 aliphatic heterocycles. The molecule has 0 unspecified atom stereocenters. The highest BCUT2D eigenvalue weighted by Gasteiger charge is 1.96. The largest absolute Gasteiger partial charge is 0.384 e. The summed E-state index contributed by atoms with van der Waals surface area (Å²) >= 11 is 0. The number of aryl methyl sites for hydroxylation is 1. The van der Waals surface area contributed by atoms with Crippen LogP contribution in [0.3, 0.4) is 0 Å². The van der Waals surface area contributed by atoms with Crippen molar-refractivity contribution in [2.75, 3.05) is 11.9 Å². The predicted octanol–water partition coefficient (Wildman–Crippen LogP) is 1.16. The Balaban J connectivity index is 1.83. The van der Waals surface area contributed by atoms with E-state index in [1.807, 2.05) is 19.1 Å². The zero-order valence-electron chi connectivity index (χ0n) is 8.57. The van der Waals surface area contributed by atoms with Gasteiger partial charge in [-0.05, 0) is 19.1 Å². The van der Waals surface area contributed by atoms with E-state index in [0.717, 1.165) is 30.2 Å². The Hall–Kier alpha value is -1.91. The molecule has 5 nitrogen and oxygen atoms in total. The number of aromatic amines is 1. The van der Waals surface area contributed by atoms with Gasteiger partial charge in [0.05, 0.1) is 0 Å². The molecule has 2 N–H and O–H groups in total. The van der Waals surface area contributed by atoms with Crippen LogP contribution in [0.25, 0.3) is 0 Å². The van der Waals surface area contributed by atoms with Crippen molar-refractivity contribution >= 4 is 5.69 Å². The third kappa shape index (κ3) is 2.77. The van der Waals surface area contributed by atoms with Crippen molar-refractivity contribution in [3.05, 3.63) is 36.2 Å². The molecule has 5 heteroatoms. The molecule has 0 saturated carbocycles. The minimum Gasteiger partial charge on any atom is -0.384 e. The number of hydrogen-bond acceptors (Lipinski definition) is 4. The average molecular weight is 203 g/mol. The van der Waals surface area contributed by atoms with Gasteiger partial charge in [-0.2, -0.15) is 5.10 Å². The number of H-pyrrole nitrogens is 1. The molecule has 15 heavy (non-hydrogen) atoms. The van der Waals surface area contributed by atoms with Gasteiger partial charge in [-0.25, -0.2) is 4.98 Å². The van der Waals surface area contributed by atoms with Gasteiger partial charge in [0.25, 0.3) is 0 Å².